The number of hydrogen-bond donors (Lipinski definition) is 2. The van der Waals surface area contributed by atoms with Gasteiger partial charge in [-0.05, 0) is 35.2 Å². The standard InChI is InChI=1S/C24H26N2O2/c1-2-3-4-8-15-21(19-12-6-5-7-13-19)25-26-24(28)23-20-14-10-9-11-18(20)16-17-22(23)27/h5-7,9-14,16-17,27H,2-4,8,15H2,1H3,(H,26,28)/b25-21+. The molecule has 28 heavy (non-hydrogen) atoms. The molecule has 4 heteroatoms. The second-order valence-electron chi connectivity index (χ2n) is 6.86. The summed E-state index contributed by atoms with van der Waals surface area (Å²) in [6, 6.07) is 20.7. The highest BCUT2D eigenvalue weighted by Crippen LogP contribution is 2.27. The third-order valence-corrected chi connectivity index (χ3v) is 4.80. The maximum absolute atomic E-state index is 12.8. The van der Waals surface area contributed by atoms with Gasteiger partial charge in [0.05, 0.1) is 11.3 Å². The highest BCUT2D eigenvalue weighted by atomic mass is 16.3. The molecule has 0 radical (unpaired) electrons. The number of benzene rings is 3. The highest BCUT2D eigenvalue weighted by Gasteiger charge is 2.15. The minimum atomic E-state index is -0.406. The molecule has 0 bridgehead atoms. The van der Waals surface area contributed by atoms with Crippen LogP contribution in [-0.2, 0) is 0 Å². The van der Waals surface area contributed by atoms with E-state index in [1.54, 1.807) is 12.1 Å². The number of carbonyl (C=O) groups excluding carboxylic acids is 1. The monoisotopic (exact) mass is 374 g/mol. The zero-order valence-corrected chi connectivity index (χ0v) is 16.2. The van der Waals surface area contributed by atoms with Crippen molar-refractivity contribution in [2.24, 2.45) is 5.10 Å². The van der Waals surface area contributed by atoms with Gasteiger partial charge in [0.15, 0.2) is 0 Å². The van der Waals surface area contributed by atoms with Crippen LogP contribution in [0.3, 0.4) is 0 Å². The Labute approximate surface area is 165 Å². The van der Waals surface area contributed by atoms with Crippen LogP contribution >= 0.6 is 0 Å². The number of hydrogen-bond acceptors (Lipinski definition) is 3. The van der Waals surface area contributed by atoms with Gasteiger partial charge in [0.2, 0.25) is 0 Å². The van der Waals surface area contributed by atoms with Gasteiger partial charge in [0.25, 0.3) is 5.91 Å². The summed E-state index contributed by atoms with van der Waals surface area (Å²) in [5.74, 6) is -0.452. The van der Waals surface area contributed by atoms with Crippen LogP contribution in [0.2, 0.25) is 0 Å². The molecule has 144 valence electrons. The maximum atomic E-state index is 12.8. The number of carbonyl (C=O) groups is 1. The molecule has 0 spiro atoms. The van der Waals surface area contributed by atoms with Crippen molar-refractivity contribution >= 4 is 22.4 Å². The van der Waals surface area contributed by atoms with Crippen LogP contribution in [0.1, 0.15) is 54.9 Å². The van der Waals surface area contributed by atoms with E-state index in [-0.39, 0.29) is 11.3 Å². The first-order chi connectivity index (χ1) is 13.7. The minimum Gasteiger partial charge on any atom is -0.507 e. The molecule has 0 unspecified atom stereocenters. The van der Waals surface area contributed by atoms with Crippen molar-refractivity contribution in [3.05, 3.63) is 77.9 Å². The first kappa shape index (κ1) is 19.6. The largest absolute Gasteiger partial charge is 0.507 e. The molecule has 0 fully saturated rings. The lowest BCUT2D eigenvalue weighted by molar-refractivity contribution is 0.0954. The molecule has 0 aliphatic carbocycles. The van der Waals surface area contributed by atoms with Crippen molar-refractivity contribution in [2.75, 3.05) is 0 Å². The van der Waals surface area contributed by atoms with Crippen molar-refractivity contribution < 1.29 is 9.90 Å². The predicted octanol–water partition coefficient (Wildman–Crippen LogP) is 5.65. The van der Waals surface area contributed by atoms with Crippen LogP contribution in [0.15, 0.2) is 71.8 Å². The molecular weight excluding hydrogens is 348 g/mol. The van der Waals surface area contributed by atoms with E-state index in [1.165, 1.54) is 12.8 Å². The third-order valence-electron chi connectivity index (χ3n) is 4.80. The van der Waals surface area contributed by atoms with Crippen LogP contribution in [0.4, 0.5) is 0 Å². The van der Waals surface area contributed by atoms with Crippen LogP contribution in [0.5, 0.6) is 5.75 Å². The number of hydrazone groups is 1. The molecule has 0 aromatic heterocycles. The van der Waals surface area contributed by atoms with E-state index in [9.17, 15) is 9.90 Å². The Morgan fingerprint density at radius 1 is 0.929 bits per heavy atom. The van der Waals surface area contributed by atoms with E-state index in [0.717, 1.165) is 35.9 Å². The van der Waals surface area contributed by atoms with Gasteiger partial charge >= 0.3 is 0 Å². The topological polar surface area (TPSA) is 61.7 Å². The number of unbranched alkanes of at least 4 members (excludes halogenated alkanes) is 3. The fourth-order valence-corrected chi connectivity index (χ4v) is 3.29. The lowest BCUT2D eigenvalue weighted by Crippen LogP contribution is -2.20. The van der Waals surface area contributed by atoms with E-state index >= 15 is 0 Å². The summed E-state index contributed by atoms with van der Waals surface area (Å²) in [5, 5.41) is 16.3. The number of nitrogens with zero attached hydrogens (tertiary/aromatic N) is 1. The van der Waals surface area contributed by atoms with Crippen LogP contribution in [-0.4, -0.2) is 16.7 Å². The summed E-state index contributed by atoms with van der Waals surface area (Å²) in [7, 11) is 0. The molecule has 0 saturated carbocycles. The molecule has 3 rings (SSSR count). The fraction of sp³-hybridized carbons (Fsp3) is 0.250. The van der Waals surface area contributed by atoms with Crippen molar-refractivity contribution in [3.8, 4) is 5.75 Å². The zero-order valence-electron chi connectivity index (χ0n) is 16.2. The summed E-state index contributed by atoms with van der Waals surface area (Å²) in [6.45, 7) is 2.18. The van der Waals surface area contributed by atoms with Crippen molar-refractivity contribution in [2.45, 2.75) is 39.0 Å². The number of aromatic hydroxyl groups is 1. The van der Waals surface area contributed by atoms with Crippen LogP contribution < -0.4 is 5.43 Å². The number of nitrogens with one attached hydrogen (secondary N) is 1. The molecule has 0 aliphatic rings. The van der Waals surface area contributed by atoms with Gasteiger partial charge in [0.1, 0.15) is 5.75 Å². The van der Waals surface area contributed by atoms with E-state index in [2.05, 4.69) is 17.5 Å². The van der Waals surface area contributed by atoms with Gasteiger partial charge in [-0.15, -0.1) is 0 Å². The van der Waals surface area contributed by atoms with Gasteiger partial charge in [0, 0.05) is 0 Å². The van der Waals surface area contributed by atoms with Crippen molar-refractivity contribution in [3.63, 3.8) is 0 Å². The maximum Gasteiger partial charge on any atom is 0.275 e. The number of phenolic OH excluding ortho intramolecular Hbond substituents is 1. The average molecular weight is 374 g/mol. The van der Waals surface area contributed by atoms with Crippen LogP contribution in [0.25, 0.3) is 10.8 Å². The van der Waals surface area contributed by atoms with Gasteiger partial charge < -0.3 is 5.11 Å². The number of amides is 1. The molecule has 0 saturated heterocycles. The number of fused-ring (bicyclic) bond motifs is 1. The Bertz CT molecular complexity index is 965. The lowest BCUT2D eigenvalue weighted by Gasteiger charge is -2.10. The van der Waals surface area contributed by atoms with Crippen LogP contribution in [0, 0.1) is 0 Å². The van der Waals surface area contributed by atoms with E-state index in [0.29, 0.717) is 5.39 Å². The van der Waals surface area contributed by atoms with E-state index < -0.39 is 5.91 Å². The first-order valence-electron chi connectivity index (χ1n) is 9.83. The summed E-state index contributed by atoms with van der Waals surface area (Å²) in [4.78, 5) is 12.8. The third kappa shape index (κ3) is 4.77. The molecule has 3 aromatic carbocycles. The van der Waals surface area contributed by atoms with Gasteiger partial charge in [-0.1, -0.05) is 86.8 Å². The predicted molar refractivity (Wildman–Crippen MR) is 115 cm³/mol. The summed E-state index contributed by atoms with van der Waals surface area (Å²) >= 11 is 0. The number of phenols is 1. The molecule has 0 aliphatic heterocycles. The van der Waals surface area contributed by atoms with Crippen molar-refractivity contribution in [1.82, 2.24) is 5.43 Å². The second kappa shape index (κ2) is 9.70. The van der Waals surface area contributed by atoms with Crippen molar-refractivity contribution in [1.29, 1.82) is 0 Å². The number of rotatable bonds is 8. The highest BCUT2D eigenvalue weighted by molar-refractivity contribution is 6.10. The summed E-state index contributed by atoms with van der Waals surface area (Å²) < 4.78 is 0. The molecular formula is C24H26N2O2. The first-order valence-corrected chi connectivity index (χ1v) is 9.83. The molecule has 3 aromatic rings. The SMILES string of the molecule is CCCCCC/C(=N\NC(=O)c1c(O)ccc2ccccc12)c1ccccc1. The second-order valence-corrected chi connectivity index (χ2v) is 6.86. The van der Waals surface area contributed by atoms with E-state index in [1.807, 2.05) is 54.6 Å². The molecule has 4 nitrogen and oxygen atoms in total. The molecule has 0 heterocycles. The zero-order chi connectivity index (χ0) is 19.8. The Balaban J connectivity index is 1.84. The Kier molecular flexibility index (Phi) is 6.79. The Morgan fingerprint density at radius 2 is 1.68 bits per heavy atom. The van der Waals surface area contributed by atoms with E-state index in [4.69, 9.17) is 0 Å². The molecule has 2 N–H and O–H groups in total. The lowest BCUT2D eigenvalue weighted by atomic mass is 10.0. The fourth-order valence-electron chi connectivity index (χ4n) is 3.29. The minimum absolute atomic E-state index is 0.0457. The summed E-state index contributed by atoms with van der Waals surface area (Å²) in [5.41, 5.74) is 4.76. The van der Waals surface area contributed by atoms with Gasteiger partial charge in [-0.25, -0.2) is 5.43 Å². The average Bonchev–Trinajstić information content (AvgIpc) is 2.73. The Hall–Kier alpha value is -3.14. The van der Waals surface area contributed by atoms with Gasteiger partial charge in [-0.2, -0.15) is 5.10 Å². The van der Waals surface area contributed by atoms with Gasteiger partial charge in [-0.3, -0.25) is 4.79 Å². The summed E-state index contributed by atoms with van der Waals surface area (Å²) in [6.07, 6.45) is 5.33. The molecule has 1 amide bonds. The quantitative estimate of drug-likeness (QED) is 0.304. The smallest absolute Gasteiger partial charge is 0.275 e. The Morgan fingerprint density at radius 3 is 2.46 bits per heavy atom. The molecule has 0 atom stereocenters. The normalized spacial score (nSPS) is 11.5.